The Kier molecular flexibility index (Phi) is 4.83. The summed E-state index contributed by atoms with van der Waals surface area (Å²) in [5.74, 6) is 1.13. The van der Waals surface area contributed by atoms with E-state index < -0.39 is 0 Å². The summed E-state index contributed by atoms with van der Waals surface area (Å²) in [5, 5.41) is 1.12. The van der Waals surface area contributed by atoms with E-state index in [2.05, 4.69) is 23.1 Å². The number of benzene rings is 1. The second-order valence-electron chi connectivity index (χ2n) is 7.31. The zero-order valence-corrected chi connectivity index (χ0v) is 15.1. The summed E-state index contributed by atoms with van der Waals surface area (Å²) < 4.78 is 1.23. The molecule has 0 spiro atoms. The lowest BCUT2D eigenvalue weighted by atomic mass is 9.86. The SMILES string of the molecule is O=C(CCC1CCCCC1)N1CCC[C@H]1c1nc2ccccc2s1. The van der Waals surface area contributed by atoms with Crippen molar-refractivity contribution in [1.29, 1.82) is 0 Å². The molecule has 24 heavy (non-hydrogen) atoms. The van der Waals surface area contributed by atoms with Crippen molar-refractivity contribution in [3.63, 3.8) is 0 Å². The smallest absolute Gasteiger partial charge is 0.223 e. The fourth-order valence-corrected chi connectivity index (χ4v) is 5.42. The highest BCUT2D eigenvalue weighted by Gasteiger charge is 2.32. The van der Waals surface area contributed by atoms with Crippen LogP contribution in [0.3, 0.4) is 0 Å². The van der Waals surface area contributed by atoms with Crippen LogP contribution >= 0.6 is 11.3 Å². The maximum absolute atomic E-state index is 12.8. The van der Waals surface area contributed by atoms with Gasteiger partial charge in [-0.2, -0.15) is 0 Å². The van der Waals surface area contributed by atoms with Crippen LogP contribution in [0.1, 0.15) is 68.8 Å². The van der Waals surface area contributed by atoms with Gasteiger partial charge in [0.1, 0.15) is 5.01 Å². The van der Waals surface area contributed by atoms with Crippen molar-refractivity contribution in [3.8, 4) is 0 Å². The predicted octanol–water partition coefficient (Wildman–Crippen LogP) is 5.32. The first-order valence-corrected chi connectivity index (χ1v) is 10.3. The van der Waals surface area contributed by atoms with E-state index in [1.807, 2.05) is 6.07 Å². The fraction of sp³-hybridized carbons (Fsp3) is 0.600. The van der Waals surface area contributed by atoms with Gasteiger partial charge in [-0.3, -0.25) is 4.79 Å². The highest BCUT2D eigenvalue weighted by atomic mass is 32.1. The lowest BCUT2D eigenvalue weighted by molar-refractivity contribution is -0.132. The summed E-state index contributed by atoms with van der Waals surface area (Å²) in [6.07, 6.45) is 10.7. The molecule has 0 bridgehead atoms. The topological polar surface area (TPSA) is 33.2 Å². The molecule has 1 amide bonds. The van der Waals surface area contributed by atoms with Crippen LogP contribution in [0.2, 0.25) is 0 Å². The van der Waals surface area contributed by atoms with Gasteiger partial charge in [0, 0.05) is 13.0 Å². The summed E-state index contributed by atoms with van der Waals surface area (Å²) in [6, 6.07) is 8.50. The van der Waals surface area contributed by atoms with E-state index in [4.69, 9.17) is 4.98 Å². The van der Waals surface area contributed by atoms with Crippen LogP contribution in [0.25, 0.3) is 10.2 Å². The molecule has 1 aliphatic heterocycles. The zero-order chi connectivity index (χ0) is 16.4. The van der Waals surface area contributed by atoms with Crippen molar-refractivity contribution in [2.75, 3.05) is 6.54 Å². The van der Waals surface area contributed by atoms with Crippen molar-refractivity contribution in [3.05, 3.63) is 29.3 Å². The van der Waals surface area contributed by atoms with Crippen LogP contribution in [-0.4, -0.2) is 22.3 Å². The number of thiazole rings is 1. The number of hydrogen-bond donors (Lipinski definition) is 0. The Labute approximate surface area is 148 Å². The number of fused-ring (bicyclic) bond motifs is 1. The van der Waals surface area contributed by atoms with Gasteiger partial charge < -0.3 is 4.90 Å². The number of carbonyl (C=O) groups excluding carboxylic acids is 1. The Bertz CT molecular complexity index is 671. The van der Waals surface area contributed by atoms with E-state index in [1.165, 1.54) is 36.8 Å². The Morgan fingerprint density at radius 2 is 1.96 bits per heavy atom. The van der Waals surface area contributed by atoms with E-state index in [0.717, 1.165) is 48.7 Å². The molecule has 0 radical (unpaired) electrons. The number of aromatic nitrogens is 1. The van der Waals surface area contributed by atoms with Crippen molar-refractivity contribution in [1.82, 2.24) is 9.88 Å². The molecule has 3 nitrogen and oxygen atoms in total. The molecule has 4 heteroatoms. The van der Waals surface area contributed by atoms with Crippen molar-refractivity contribution >= 4 is 27.5 Å². The first-order valence-electron chi connectivity index (χ1n) is 9.46. The molecule has 2 fully saturated rings. The molecule has 2 heterocycles. The molecule has 1 saturated heterocycles. The van der Waals surface area contributed by atoms with Crippen LogP contribution in [-0.2, 0) is 4.79 Å². The molecule has 1 aliphatic carbocycles. The zero-order valence-electron chi connectivity index (χ0n) is 14.2. The van der Waals surface area contributed by atoms with Crippen LogP contribution in [0.5, 0.6) is 0 Å². The third-order valence-corrected chi connectivity index (χ3v) is 6.80. The van der Waals surface area contributed by atoms with Gasteiger partial charge in [-0.15, -0.1) is 11.3 Å². The first-order chi connectivity index (χ1) is 11.8. The molecule has 1 saturated carbocycles. The number of likely N-dealkylation sites (tertiary alicyclic amines) is 1. The summed E-state index contributed by atoms with van der Waals surface area (Å²) in [4.78, 5) is 19.7. The van der Waals surface area contributed by atoms with Gasteiger partial charge in [-0.1, -0.05) is 44.2 Å². The minimum absolute atomic E-state index is 0.209. The largest absolute Gasteiger partial charge is 0.333 e. The van der Waals surface area contributed by atoms with E-state index in [9.17, 15) is 4.79 Å². The average Bonchev–Trinajstić information content (AvgIpc) is 3.26. The molecular formula is C20H26N2OS. The van der Waals surface area contributed by atoms with E-state index in [-0.39, 0.29) is 6.04 Å². The molecule has 128 valence electrons. The lowest BCUT2D eigenvalue weighted by Crippen LogP contribution is -2.30. The molecule has 0 N–H and O–H groups in total. The number of rotatable bonds is 4. The molecule has 1 aromatic carbocycles. The number of para-hydroxylation sites is 1. The van der Waals surface area contributed by atoms with Crippen LogP contribution in [0.4, 0.5) is 0 Å². The van der Waals surface area contributed by atoms with Gasteiger partial charge in [0.2, 0.25) is 5.91 Å². The van der Waals surface area contributed by atoms with Gasteiger partial charge in [0.25, 0.3) is 0 Å². The van der Waals surface area contributed by atoms with Gasteiger partial charge in [-0.05, 0) is 37.3 Å². The Morgan fingerprint density at radius 1 is 1.12 bits per heavy atom. The standard InChI is InChI=1S/C20H26N2OS/c23-19(13-12-15-7-2-1-3-8-15)22-14-6-10-17(22)20-21-16-9-4-5-11-18(16)24-20/h4-5,9,11,15,17H,1-3,6-8,10,12-14H2/t17-/m0/s1. The van der Waals surface area contributed by atoms with Gasteiger partial charge in [0.05, 0.1) is 16.3 Å². The Balaban J connectivity index is 1.42. The lowest BCUT2D eigenvalue weighted by Gasteiger charge is -2.25. The van der Waals surface area contributed by atoms with E-state index in [1.54, 1.807) is 11.3 Å². The minimum Gasteiger partial charge on any atom is -0.333 e. The predicted molar refractivity (Wildman–Crippen MR) is 99.1 cm³/mol. The van der Waals surface area contributed by atoms with E-state index >= 15 is 0 Å². The second-order valence-corrected chi connectivity index (χ2v) is 8.37. The molecule has 1 aromatic heterocycles. The number of hydrogen-bond acceptors (Lipinski definition) is 3. The van der Waals surface area contributed by atoms with Crippen LogP contribution in [0.15, 0.2) is 24.3 Å². The third kappa shape index (κ3) is 3.34. The maximum atomic E-state index is 12.8. The van der Waals surface area contributed by atoms with Gasteiger partial charge >= 0.3 is 0 Å². The normalized spacial score (nSPS) is 22.3. The molecule has 4 rings (SSSR count). The van der Waals surface area contributed by atoms with E-state index in [0.29, 0.717) is 5.91 Å². The monoisotopic (exact) mass is 342 g/mol. The second kappa shape index (κ2) is 7.22. The fourth-order valence-electron chi connectivity index (χ4n) is 4.30. The average molecular weight is 343 g/mol. The molecule has 2 aromatic rings. The minimum atomic E-state index is 0.209. The highest BCUT2D eigenvalue weighted by molar-refractivity contribution is 7.18. The van der Waals surface area contributed by atoms with Gasteiger partial charge in [0.15, 0.2) is 0 Å². The van der Waals surface area contributed by atoms with Crippen molar-refractivity contribution in [2.45, 2.75) is 63.8 Å². The van der Waals surface area contributed by atoms with Crippen molar-refractivity contribution < 1.29 is 4.79 Å². The summed E-state index contributed by atoms with van der Waals surface area (Å²) >= 11 is 1.76. The Hall–Kier alpha value is -1.42. The first kappa shape index (κ1) is 16.1. The summed E-state index contributed by atoms with van der Waals surface area (Å²) in [5.41, 5.74) is 1.07. The van der Waals surface area contributed by atoms with Crippen LogP contribution < -0.4 is 0 Å². The maximum Gasteiger partial charge on any atom is 0.223 e. The van der Waals surface area contributed by atoms with Crippen LogP contribution in [0, 0.1) is 5.92 Å². The highest BCUT2D eigenvalue weighted by Crippen LogP contribution is 2.37. The molecule has 0 unspecified atom stereocenters. The molecule has 2 aliphatic rings. The Morgan fingerprint density at radius 3 is 2.79 bits per heavy atom. The summed E-state index contributed by atoms with van der Waals surface area (Å²) in [6.45, 7) is 0.907. The molecule has 1 atom stereocenters. The van der Waals surface area contributed by atoms with Crippen molar-refractivity contribution in [2.24, 2.45) is 5.92 Å². The summed E-state index contributed by atoms with van der Waals surface area (Å²) in [7, 11) is 0. The number of amides is 1. The number of carbonyl (C=O) groups is 1. The quantitative estimate of drug-likeness (QED) is 0.753. The van der Waals surface area contributed by atoms with Gasteiger partial charge in [-0.25, -0.2) is 4.98 Å². The molecular weight excluding hydrogens is 316 g/mol. The number of nitrogens with zero attached hydrogens (tertiary/aromatic N) is 2. The third-order valence-electron chi connectivity index (χ3n) is 5.66.